The van der Waals surface area contributed by atoms with Crippen molar-refractivity contribution in [3.63, 3.8) is 0 Å². The predicted molar refractivity (Wildman–Crippen MR) is 101 cm³/mol. The van der Waals surface area contributed by atoms with Crippen molar-refractivity contribution in [2.24, 2.45) is 0 Å². The molecule has 0 aliphatic rings. The zero-order valence-corrected chi connectivity index (χ0v) is 17.1. The number of rotatable bonds is 12. The fourth-order valence-corrected chi connectivity index (χ4v) is 8.03. The van der Waals surface area contributed by atoms with Crippen molar-refractivity contribution < 1.29 is 17.1 Å². The molecule has 0 spiro atoms. The van der Waals surface area contributed by atoms with Gasteiger partial charge in [-0.1, -0.05) is 40.0 Å². The van der Waals surface area contributed by atoms with E-state index in [4.69, 9.17) is 4.74 Å². The van der Waals surface area contributed by atoms with E-state index in [1.54, 1.807) is 7.11 Å². The molecule has 0 saturated heterocycles. The summed E-state index contributed by atoms with van der Waals surface area (Å²) >= 11 is 0. The summed E-state index contributed by atoms with van der Waals surface area (Å²) in [6.45, 7) is 6.95. The zero-order valence-electron chi connectivity index (χ0n) is 15.5. The lowest BCUT2D eigenvalue weighted by atomic mass is 10.3. The Balaban J connectivity index is 0.00000484. The maximum Gasteiger partial charge on any atom is 0.122 e. The quantitative estimate of drug-likeness (QED) is 0.535. The van der Waals surface area contributed by atoms with Crippen LogP contribution in [0.15, 0.2) is 18.3 Å². The van der Waals surface area contributed by atoms with Gasteiger partial charge < -0.3 is 17.1 Å². The highest BCUT2D eigenvalue weighted by atomic mass is 35.5. The lowest BCUT2D eigenvalue weighted by molar-refractivity contribution is -0.00000540. The van der Waals surface area contributed by atoms with E-state index in [1.807, 2.05) is 12.3 Å². The summed E-state index contributed by atoms with van der Waals surface area (Å²) in [7, 11) is 0.827. The second kappa shape index (κ2) is 13.0. The van der Waals surface area contributed by atoms with Crippen molar-refractivity contribution in [2.45, 2.75) is 65.5 Å². The standard InChI is InChI=1S/C19H35NOP.ClH/c1-5-8-13-22(14-9-6-2,15-10-7-3)17-18-16-19(21-4)11-12-20-18;/h11-12,16H,5-10,13-15,17H2,1-4H3;1H/q+1;/p-1. The number of nitrogens with zero attached hydrogens (tertiary/aromatic N) is 1. The minimum atomic E-state index is -0.916. The molecule has 0 unspecified atom stereocenters. The number of methoxy groups -OCH3 is 1. The molecule has 0 amide bonds. The summed E-state index contributed by atoms with van der Waals surface area (Å²) in [4.78, 5) is 4.64. The van der Waals surface area contributed by atoms with E-state index < -0.39 is 7.26 Å². The number of hydrogen-bond acceptors (Lipinski definition) is 2. The minimum Gasteiger partial charge on any atom is -1.00 e. The predicted octanol–water partition coefficient (Wildman–Crippen LogP) is 3.01. The molecule has 0 atom stereocenters. The van der Waals surface area contributed by atoms with Gasteiger partial charge in [-0.05, 0) is 25.3 Å². The number of aromatic nitrogens is 1. The Kier molecular flexibility index (Phi) is 12.8. The molecule has 0 aliphatic heterocycles. The van der Waals surface area contributed by atoms with Crippen LogP contribution < -0.4 is 17.1 Å². The second-order valence-electron chi connectivity index (χ2n) is 6.42. The largest absolute Gasteiger partial charge is 1.00 e. The van der Waals surface area contributed by atoms with E-state index in [1.165, 1.54) is 68.9 Å². The van der Waals surface area contributed by atoms with Crippen LogP contribution in [0, 0.1) is 0 Å². The van der Waals surface area contributed by atoms with Crippen molar-refractivity contribution in [1.29, 1.82) is 0 Å². The molecule has 1 aromatic heterocycles. The van der Waals surface area contributed by atoms with E-state index >= 15 is 0 Å². The molecule has 4 heteroatoms. The van der Waals surface area contributed by atoms with Crippen molar-refractivity contribution in [1.82, 2.24) is 4.98 Å². The lowest BCUT2D eigenvalue weighted by Crippen LogP contribution is -3.00. The molecule has 0 aliphatic carbocycles. The van der Waals surface area contributed by atoms with Gasteiger partial charge in [-0.25, -0.2) is 0 Å². The van der Waals surface area contributed by atoms with Crippen LogP contribution in [0.4, 0.5) is 0 Å². The van der Waals surface area contributed by atoms with Crippen molar-refractivity contribution in [3.8, 4) is 5.75 Å². The highest BCUT2D eigenvalue weighted by Gasteiger charge is 2.36. The van der Waals surface area contributed by atoms with Crippen LogP contribution in [0.2, 0.25) is 0 Å². The average Bonchev–Trinajstić information content (AvgIpc) is 2.56. The highest BCUT2D eigenvalue weighted by molar-refractivity contribution is 7.75. The molecule has 134 valence electrons. The Hall–Kier alpha value is -0.330. The maximum atomic E-state index is 5.39. The van der Waals surface area contributed by atoms with Crippen LogP contribution in [0.25, 0.3) is 0 Å². The molecule has 1 heterocycles. The van der Waals surface area contributed by atoms with Crippen molar-refractivity contribution in [2.75, 3.05) is 25.6 Å². The van der Waals surface area contributed by atoms with Crippen LogP contribution in [-0.2, 0) is 6.16 Å². The SMILES string of the molecule is CCCC[P+](CCCC)(CCCC)Cc1cc(OC)ccn1.[Cl-]. The van der Waals surface area contributed by atoms with Crippen molar-refractivity contribution in [3.05, 3.63) is 24.0 Å². The summed E-state index contributed by atoms with van der Waals surface area (Å²) < 4.78 is 5.39. The summed E-state index contributed by atoms with van der Waals surface area (Å²) in [5, 5.41) is 0. The Bertz CT molecular complexity index is 392. The molecule has 0 saturated carbocycles. The third-order valence-electron chi connectivity index (χ3n) is 4.48. The highest BCUT2D eigenvalue weighted by Crippen LogP contribution is 2.63. The Morgan fingerprint density at radius 2 is 1.48 bits per heavy atom. The smallest absolute Gasteiger partial charge is 0.122 e. The van der Waals surface area contributed by atoms with Crippen LogP contribution in [0.5, 0.6) is 5.75 Å². The Labute approximate surface area is 150 Å². The molecule has 23 heavy (non-hydrogen) atoms. The fraction of sp³-hybridized carbons (Fsp3) is 0.737. The third-order valence-corrected chi connectivity index (χ3v) is 9.27. The van der Waals surface area contributed by atoms with Gasteiger partial charge >= 0.3 is 0 Å². The monoisotopic (exact) mass is 359 g/mol. The summed E-state index contributed by atoms with van der Waals surface area (Å²) in [5.74, 6) is 0.949. The first-order valence-electron chi connectivity index (χ1n) is 9.03. The maximum absolute atomic E-state index is 5.39. The molecule has 2 nitrogen and oxygen atoms in total. The first-order chi connectivity index (χ1) is 10.7. The second-order valence-corrected chi connectivity index (χ2v) is 10.8. The topological polar surface area (TPSA) is 22.1 Å². The van der Waals surface area contributed by atoms with Crippen LogP contribution >= 0.6 is 7.26 Å². The van der Waals surface area contributed by atoms with Gasteiger partial charge in [0.2, 0.25) is 0 Å². The van der Waals surface area contributed by atoms with E-state index in [2.05, 4.69) is 31.8 Å². The van der Waals surface area contributed by atoms with Crippen LogP contribution in [-0.4, -0.2) is 30.6 Å². The molecular weight excluding hydrogens is 325 g/mol. The van der Waals surface area contributed by atoms with E-state index in [0.717, 1.165) is 5.75 Å². The third kappa shape index (κ3) is 8.36. The van der Waals surface area contributed by atoms with Crippen molar-refractivity contribution >= 4 is 7.26 Å². The molecule has 0 aromatic carbocycles. The lowest BCUT2D eigenvalue weighted by Gasteiger charge is -2.27. The zero-order chi connectivity index (χ0) is 16.3. The minimum absolute atomic E-state index is 0. The molecule has 0 bridgehead atoms. The molecule has 0 N–H and O–H groups in total. The number of pyridine rings is 1. The summed E-state index contributed by atoms with van der Waals surface area (Å²) in [6.07, 6.45) is 15.5. The molecule has 1 rings (SSSR count). The Morgan fingerprint density at radius 1 is 0.957 bits per heavy atom. The van der Waals surface area contributed by atoms with Gasteiger partial charge in [-0.15, -0.1) is 0 Å². The van der Waals surface area contributed by atoms with Crippen LogP contribution in [0.1, 0.15) is 65.0 Å². The van der Waals surface area contributed by atoms with Crippen LogP contribution in [0.3, 0.4) is 0 Å². The van der Waals surface area contributed by atoms with E-state index in [9.17, 15) is 0 Å². The Morgan fingerprint density at radius 3 is 1.91 bits per heavy atom. The summed E-state index contributed by atoms with van der Waals surface area (Å²) in [5.41, 5.74) is 1.25. The molecule has 0 radical (unpaired) electrons. The molecular formula is C19H35ClNOP. The molecule has 1 aromatic rings. The van der Waals surface area contributed by atoms with Gasteiger partial charge in [0.05, 0.1) is 31.3 Å². The summed E-state index contributed by atoms with van der Waals surface area (Å²) in [6, 6.07) is 4.10. The van der Waals surface area contributed by atoms with Gasteiger partial charge in [-0.2, -0.15) is 0 Å². The number of halogens is 1. The number of hydrogen-bond donors (Lipinski definition) is 0. The van der Waals surface area contributed by atoms with Gasteiger partial charge in [0, 0.05) is 19.5 Å². The number of unbranched alkanes of at least 4 members (excludes halogenated alkanes) is 3. The normalized spacial score (nSPS) is 11.1. The van der Waals surface area contributed by atoms with Gasteiger partial charge in [-0.3, -0.25) is 4.98 Å². The fourth-order valence-electron chi connectivity index (χ4n) is 3.07. The first-order valence-corrected chi connectivity index (χ1v) is 11.6. The average molecular weight is 360 g/mol. The first kappa shape index (κ1) is 22.7. The van der Waals surface area contributed by atoms with Gasteiger partial charge in [0.1, 0.15) is 11.9 Å². The van der Waals surface area contributed by atoms with Gasteiger partial charge in [0.15, 0.2) is 0 Å². The van der Waals surface area contributed by atoms with E-state index in [0.29, 0.717) is 0 Å². The van der Waals surface area contributed by atoms with E-state index in [-0.39, 0.29) is 12.4 Å². The van der Waals surface area contributed by atoms with Gasteiger partial charge in [0.25, 0.3) is 0 Å². The molecule has 0 fully saturated rings. The number of ether oxygens (including phenoxy) is 1.